The Balaban J connectivity index is 2.34. The van der Waals surface area contributed by atoms with Crippen molar-refractivity contribution in [2.45, 2.75) is 25.7 Å². The summed E-state index contributed by atoms with van der Waals surface area (Å²) < 4.78 is 28.8. The van der Waals surface area contributed by atoms with Gasteiger partial charge in [0.2, 0.25) is 0 Å². The van der Waals surface area contributed by atoms with Crippen molar-refractivity contribution < 1.29 is 18.3 Å². The Hall–Kier alpha value is -1.45. The molecule has 16 heavy (non-hydrogen) atoms. The number of methoxy groups -OCH3 is 1. The van der Waals surface area contributed by atoms with Crippen molar-refractivity contribution in [1.82, 2.24) is 0 Å². The third-order valence-electron chi connectivity index (χ3n) is 2.29. The normalized spacial score (nSPS) is 10.5. The van der Waals surface area contributed by atoms with Crippen LogP contribution in [0.15, 0.2) is 24.3 Å². The fourth-order valence-corrected chi connectivity index (χ4v) is 1.37. The molecule has 0 saturated carbocycles. The van der Waals surface area contributed by atoms with Crippen molar-refractivity contribution >= 4 is 5.78 Å². The van der Waals surface area contributed by atoms with Gasteiger partial charge in [0.25, 0.3) is 6.43 Å². The molecular weight excluding hydrogens is 214 g/mol. The van der Waals surface area contributed by atoms with Crippen LogP contribution in [-0.2, 0) is 11.2 Å². The van der Waals surface area contributed by atoms with Crippen LogP contribution in [0.1, 0.15) is 18.4 Å². The molecule has 0 saturated heterocycles. The zero-order valence-electron chi connectivity index (χ0n) is 9.08. The molecule has 0 amide bonds. The molecule has 0 unspecified atom stereocenters. The van der Waals surface area contributed by atoms with Gasteiger partial charge < -0.3 is 4.74 Å². The predicted molar refractivity (Wildman–Crippen MR) is 56.9 cm³/mol. The van der Waals surface area contributed by atoms with Crippen LogP contribution in [0.25, 0.3) is 0 Å². The minimum absolute atomic E-state index is 0.0658. The van der Waals surface area contributed by atoms with Gasteiger partial charge in [0.15, 0.2) is 5.78 Å². The first-order valence-electron chi connectivity index (χ1n) is 5.07. The van der Waals surface area contributed by atoms with Crippen molar-refractivity contribution in [3.8, 4) is 5.75 Å². The third-order valence-corrected chi connectivity index (χ3v) is 2.29. The van der Waals surface area contributed by atoms with Gasteiger partial charge in [0.1, 0.15) is 5.75 Å². The minimum atomic E-state index is -2.84. The lowest BCUT2D eigenvalue weighted by Crippen LogP contribution is -2.09. The van der Waals surface area contributed by atoms with E-state index in [4.69, 9.17) is 4.74 Å². The monoisotopic (exact) mass is 228 g/mol. The van der Waals surface area contributed by atoms with E-state index in [0.29, 0.717) is 12.8 Å². The highest BCUT2D eigenvalue weighted by Crippen LogP contribution is 2.13. The van der Waals surface area contributed by atoms with Gasteiger partial charge in [-0.05, 0) is 30.5 Å². The van der Waals surface area contributed by atoms with Gasteiger partial charge in [0.05, 0.1) is 7.11 Å². The number of alkyl halides is 2. The lowest BCUT2D eigenvalue weighted by Gasteiger charge is -2.03. The zero-order valence-corrected chi connectivity index (χ0v) is 9.08. The van der Waals surface area contributed by atoms with E-state index in [9.17, 15) is 13.6 Å². The number of aryl methyl sites for hydroxylation is 1. The van der Waals surface area contributed by atoms with Crippen LogP contribution < -0.4 is 4.74 Å². The Bertz CT molecular complexity index is 333. The number of halogens is 2. The van der Waals surface area contributed by atoms with Crippen LogP contribution in [0.2, 0.25) is 0 Å². The summed E-state index contributed by atoms with van der Waals surface area (Å²) in [5.74, 6) is -0.221. The highest BCUT2D eigenvalue weighted by molar-refractivity contribution is 5.81. The third kappa shape index (κ3) is 3.96. The van der Waals surface area contributed by atoms with E-state index < -0.39 is 12.2 Å². The molecule has 0 spiro atoms. The standard InChI is InChI=1S/C12H14F2O2/c1-16-10-7-5-9(6-8-10)3-2-4-11(15)12(13)14/h5-8,12H,2-4H2,1H3. The number of Topliss-reactive ketones (excluding diaryl/α,β-unsaturated/α-hetero) is 1. The molecule has 0 heterocycles. The van der Waals surface area contributed by atoms with Crippen LogP contribution >= 0.6 is 0 Å². The number of rotatable bonds is 6. The largest absolute Gasteiger partial charge is 0.497 e. The summed E-state index contributed by atoms with van der Waals surface area (Å²) >= 11 is 0. The number of hydrogen-bond acceptors (Lipinski definition) is 2. The van der Waals surface area contributed by atoms with Crippen molar-refractivity contribution in [2.24, 2.45) is 0 Å². The molecule has 2 nitrogen and oxygen atoms in total. The maximum atomic E-state index is 11.9. The highest BCUT2D eigenvalue weighted by atomic mass is 19.3. The summed E-state index contributed by atoms with van der Waals surface area (Å²) in [5, 5.41) is 0. The Kier molecular flexibility index (Phi) is 4.89. The van der Waals surface area contributed by atoms with Gasteiger partial charge in [-0.1, -0.05) is 12.1 Å². The number of hydrogen-bond donors (Lipinski definition) is 0. The molecular formula is C12H14F2O2. The molecule has 0 aromatic heterocycles. The average Bonchev–Trinajstić information content (AvgIpc) is 2.29. The van der Waals surface area contributed by atoms with Gasteiger partial charge in [-0.2, -0.15) is 0 Å². The van der Waals surface area contributed by atoms with E-state index in [1.807, 2.05) is 24.3 Å². The summed E-state index contributed by atoms with van der Waals surface area (Å²) in [6.07, 6.45) is -1.82. The number of carbonyl (C=O) groups is 1. The van der Waals surface area contributed by atoms with Crippen molar-refractivity contribution in [3.05, 3.63) is 29.8 Å². The molecule has 4 heteroatoms. The van der Waals surface area contributed by atoms with Crippen LogP contribution in [0.4, 0.5) is 8.78 Å². The van der Waals surface area contributed by atoms with Crippen molar-refractivity contribution in [2.75, 3.05) is 7.11 Å². The number of ketones is 1. The second kappa shape index (κ2) is 6.20. The van der Waals surface area contributed by atoms with Gasteiger partial charge >= 0.3 is 0 Å². The molecule has 0 atom stereocenters. The van der Waals surface area contributed by atoms with Gasteiger partial charge in [-0.3, -0.25) is 4.79 Å². The molecule has 0 radical (unpaired) electrons. The summed E-state index contributed by atoms with van der Waals surface area (Å²) in [6.45, 7) is 0. The van der Waals surface area contributed by atoms with E-state index in [2.05, 4.69) is 0 Å². The zero-order chi connectivity index (χ0) is 12.0. The van der Waals surface area contributed by atoms with Gasteiger partial charge in [-0.15, -0.1) is 0 Å². The van der Waals surface area contributed by atoms with Crippen molar-refractivity contribution in [1.29, 1.82) is 0 Å². The molecule has 0 aliphatic carbocycles. The van der Waals surface area contributed by atoms with Crippen LogP contribution in [-0.4, -0.2) is 19.3 Å². The van der Waals surface area contributed by atoms with E-state index in [1.54, 1.807) is 7.11 Å². The topological polar surface area (TPSA) is 26.3 Å². The fourth-order valence-electron chi connectivity index (χ4n) is 1.37. The molecule has 0 fully saturated rings. The summed E-state index contributed by atoms with van der Waals surface area (Å²) in [6, 6.07) is 7.35. The van der Waals surface area contributed by atoms with E-state index in [1.165, 1.54) is 0 Å². The smallest absolute Gasteiger partial charge is 0.295 e. The lowest BCUT2D eigenvalue weighted by molar-refractivity contribution is -0.129. The average molecular weight is 228 g/mol. The summed E-state index contributed by atoms with van der Waals surface area (Å²) in [7, 11) is 1.58. The summed E-state index contributed by atoms with van der Waals surface area (Å²) in [4.78, 5) is 10.7. The quantitative estimate of drug-likeness (QED) is 0.748. The Morgan fingerprint density at radius 3 is 2.44 bits per heavy atom. The van der Waals surface area contributed by atoms with E-state index in [0.717, 1.165) is 11.3 Å². The molecule has 1 aromatic rings. The van der Waals surface area contributed by atoms with E-state index in [-0.39, 0.29) is 6.42 Å². The second-order valence-corrected chi connectivity index (χ2v) is 3.47. The number of ether oxygens (including phenoxy) is 1. The first kappa shape index (κ1) is 12.6. The molecule has 1 aromatic carbocycles. The fraction of sp³-hybridized carbons (Fsp3) is 0.417. The van der Waals surface area contributed by atoms with Crippen molar-refractivity contribution in [3.63, 3.8) is 0 Å². The van der Waals surface area contributed by atoms with Gasteiger partial charge in [0, 0.05) is 6.42 Å². The maximum absolute atomic E-state index is 11.9. The Labute approximate surface area is 93.2 Å². The molecule has 0 bridgehead atoms. The number of carbonyl (C=O) groups excluding carboxylic acids is 1. The number of benzene rings is 1. The molecule has 1 rings (SSSR count). The molecule has 0 aliphatic rings. The first-order chi connectivity index (χ1) is 7.63. The SMILES string of the molecule is COc1ccc(CCCC(=O)C(F)F)cc1. The highest BCUT2D eigenvalue weighted by Gasteiger charge is 2.13. The Morgan fingerprint density at radius 2 is 1.94 bits per heavy atom. The van der Waals surface area contributed by atoms with Gasteiger partial charge in [-0.25, -0.2) is 8.78 Å². The second-order valence-electron chi connectivity index (χ2n) is 3.47. The molecule has 88 valence electrons. The maximum Gasteiger partial charge on any atom is 0.295 e. The van der Waals surface area contributed by atoms with Crippen LogP contribution in [0.3, 0.4) is 0 Å². The van der Waals surface area contributed by atoms with Crippen LogP contribution in [0, 0.1) is 0 Å². The lowest BCUT2D eigenvalue weighted by atomic mass is 10.1. The summed E-state index contributed by atoms with van der Waals surface area (Å²) in [5.41, 5.74) is 1.02. The Morgan fingerprint density at radius 1 is 1.31 bits per heavy atom. The first-order valence-corrected chi connectivity index (χ1v) is 5.07. The minimum Gasteiger partial charge on any atom is -0.497 e. The van der Waals surface area contributed by atoms with E-state index >= 15 is 0 Å². The van der Waals surface area contributed by atoms with Crippen LogP contribution in [0.5, 0.6) is 5.75 Å². The predicted octanol–water partition coefficient (Wildman–Crippen LogP) is 2.85. The molecule has 0 aliphatic heterocycles. The molecule has 0 N–H and O–H groups in total.